The first-order chi connectivity index (χ1) is 8.33. The van der Waals surface area contributed by atoms with Gasteiger partial charge in [0.2, 0.25) is 0 Å². The molecule has 0 aliphatic carbocycles. The van der Waals surface area contributed by atoms with E-state index in [2.05, 4.69) is 35.3 Å². The molecule has 1 atom stereocenters. The van der Waals surface area contributed by atoms with Crippen molar-refractivity contribution in [2.75, 3.05) is 36.5 Å². The largest absolute Gasteiger partial charge is 0.385 e. The van der Waals surface area contributed by atoms with E-state index >= 15 is 0 Å². The van der Waals surface area contributed by atoms with E-state index in [1.165, 1.54) is 29.8 Å². The number of anilines is 2. The van der Waals surface area contributed by atoms with Crippen molar-refractivity contribution in [1.82, 2.24) is 0 Å². The van der Waals surface area contributed by atoms with Gasteiger partial charge in [0.1, 0.15) is 0 Å². The molecule has 0 bridgehead atoms. The number of fused-ring (bicyclic) bond motifs is 1. The molecule has 0 saturated carbocycles. The van der Waals surface area contributed by atoms with E-state index < -0.39 is 0 Å². The monoisotopic (exact) mass is 232 g/mol. The number of morpholine rings is 1. The SMILES string of the molecule is CC1CN(c2ccc3c(c2)CCCN3)CCO1. The second-order valence-electron chi connectivity index (χ2n) is 5.00. The molecular weight excluding hydrogens is 212 g/mol. The zero-order valence-electron chi connectivity index (χ0n) is 10.4. The Bertz CT molecular complexity index is 405. The summed E-state index contributed by atoms with van der Waals surface area (Å²) in [6.07, 6.45) is 2.80. The predicted octanol–water partition coefficient (Wildman–Crippen LogP) is 2.27. The third-order valence-electron chi connectivity index (χ3n) is 3.63. The maximum Gasteiger partial charge on any atom is 0.0722 e. The Morgan fingerprint density at radius 3 is 3.24 bits per heavy atom. The smallest absolute Gasteiger partial charge is 0.0722 e. The summed E-state index contributed by atoms with van der Waals surface area (Å²) < 4.78 is 5.59. The molecule has 3 heteroatoms. The van der Waals surface area contributed by atoms with Crippen LogP contribution in [0.25, 0.3) is 0 Å². The first-order valence-electron chi connectivity index (χ1n) is 6.56. The third kappa shape index (κ3) is 2.25. The van der Waals surface area contributed by atoms with Gasteiger partial charge in [-0.3, -0.25) is 0 Å². The molecule has 2 aliphatic heterocycles. The van der Waals surface area contributed by atoms with E-state index in [0.717, 1.165) is 26.2 Å². The standard InChI is InChI=1S/C14H20N2O/c1-11-10-16(7-8-17-11)13-4-5-14-12(9-13)3-2-6-15-14/h4-5,9,11,15H,2-3,6-8,10H2,1H3. The minimum atomic E-state index is 0.345. The average Bonchev–Trinajstić information content (AvgIpc) is 2.38. The molecule has 2 heterocycles. The third-order valence-corrected chi connectivity index (χ3v) is 3.63. The first-order valence-corrected chi connectivity index (χ1v) is 6.56. The van der Waals surface area contributed by atoms with Gasteiger partial charge in [-0.1, -0.05) is 0 Å². The van der Waals surface area contributed by atoms with Gasteiger partial charge in [-0.25, -0.2) is 0 Å². The van der Waals surface area contributed by atoms with Crippen LogP contribution >= 0.6 is 0 Å². The number of nitrogens with zero attached hydrogens (tertiary/aromatic N) is 1. The summed E-state index contributed by atoms with van der Waals surface area (Å²) in [5, 5.41) is 3.46. The molecule has 1 aromatic carbocycles. The number of aryl methyl sites for hydroxylation is 1. The van der Waals surface area contributed by atoms with Crippen LogP contribution in [0.1, 0.15) is 18.9 Å². The molecule has 1 fully saturated rings. The van der Waals surface area contributed by atoms with Gasteiger partial charge >= 0.3 is 0 Å². The fraction of sp³-hybridized carbons (Fsp3) is 0.571. The van der Waals surface area contributed by atoms with Gasteiger partial charge in [-0.2, -0.15) is 0 Å². The van der Waals surface area contributed by atoms with E-state index in [9.17, 15) is 0 Å². The molecule has 1 aromatic rings. The van der Waals surface area contributed by atoms with Gasteiger partial charge in [0.15, 0.2) is 0 Å². The molecular formula is C14H20N2O. The highest BCUT2D eigenvalue weighted by molar-refractivity contribution is 5.61. The first kappa shape index (κ1) is 10.9. The van der Waals surface area contributed by atoms with Crippen molar-refractivity contribution >= 4 is 11.4 Å². The summed E-state index contributed by atoms with van der Waals surface area (Å²) in [4.78, 5) is 2.43. The van der Waals surface area contributed by atoms with Crippen LogP contribution in [-0.4, -0.2) is 32.3 Å². The van der Waals surface area contributed by atoms with E-state index in [1.807, 2.05) is 0 Å². The van der Waals surface area contributed by atoms with Crippen molar-refractivity contribution in [3.05, 3.63) is 23.8 Å². The number of hydrogen-bond donors (Lipinski definition) is 1. The fourth-order valence-corrected chi connectivity index (χ4v) is 2.71. The molecule has 17 heavy (non-hydrogen) atoms. The summed E-state index contributed by atoms with van der Waals surface area (Å²) in [6.45, 7) is 6.12. The molecule has 0 amide bonds. The zero-order valence-corrected chi connectivity index (χ0v) is 10.4. The van der Waals surface area contributed by atoms with Crippen molar-refractivity contribution in [2.24, 2.45) is 0 Å². The van der Waals surface area contributed by atoms with Crippen molar-refractivity contribution < 1.29 is 4.74 Å². The number of ether oxygens (including phenoxy) is 1. The highest BCUT2D eigenvalue weighted by Gasteiger charge is 2.18. The Labute approximate surface area is 103 Å². The normalized spacial score (nSPS) is 24.1. The van der Waals surface area contributed by atoms with Gasteiger partial charge in [-0.05, 0) is 43.5 Å². The fourth-order valence-electron chi connectivity index (χ4n) is 2.71. The van der Waals surface area contributed by atoms with Gasteiger partial charge < -0.3 is 15.0 Å². The summed E-state index contributed by atoms with van der Waals surface area (Å²) in [7, 11) is 0. The molecule has 1 unspecified atom stereocenters. The van der Waals surface area contributed by atoms with Crippen molar-refractivity contribution in [3.8, 4) is 0 Å². The maximum absolute atomic E-state index is 5.59. The number of benzene rings is 1. The van der Waals surface area contributed by atoms with Gasteiger partial charge in [0.25, 0.3) is 0 Å². The molecule has 0 aromatic heterocycles. The van der Waals surface area contributed by atoms with Crippen LogP contribution in [0.4, 0.5) is 11.4 Å². The highest BCUT2D eigenvalue weighted by Crippen LogP contribution is 2.27. The lowest BCUT2D eigenvalue weighted by Gasteiger charge is -2.33. The Morgan fingerprint density at radius 2 is 2.35 bits per heavy atom. The highest BCUT2D eigenvalue weighted by atomic mass is 16.5. The van der Waals surface area contributed by atoms with Crippen LogP contribution in [0, 0.1) is 0 Å². The summed E-state index contributed by atoms with van der Waals surface area (Å²) in [5.41, 5.74) is 4.14. The van der Waals surface area contributed by atoms with Crippen LogP contribution in [0.3, 0.4) is 0 Å². The quantitative estimate of drug-likeness (QED) is 0.804. The summed E-state index contributed by atoms with van der Waals surface area (Å²) >= 11 is 0. The molecule has 0 radical (unpaired) electrons. The minimum absolute atomic E-state index is 0.345. The summed E-state index contributed by atoms with van der Waals surface area (Å²) in [5.74, 6) is 0. The molecule has 1 saturated heterocycles. The lowest BCUT2D eigenvalue weighted by atomic mass is 10.0. The Balaban J connectivity index is 1.83. The molecule has 1 N–H and O–H groups in total. The van der Waals surface area contributed by atoms with Crippen molar-refractivity contribution in [3.63, 3.8) is 0 Å². The van der Waals surface area contributed by atoms with E-state index in [0.29, 0.717) is 6.10 Å². The molecule has 0 spiro atoms. The van der Waals surface area contributed by atoms with E-state index in [1.54, 1.807) is 0 Å². The molecule has 3 rings (SSSR count). The van der Waals surface area contributed by atoms with Crippen LogP contribution in [0.5, 0.6) is 0 Å². The Kier molecular flexibility index (Phi) is 2.93. The number of hydrogen-bond acceptors (Lipinski definition) is 3. The van der Waals surface area contributed by atoms with E-state index in [4.69, 9.17) is 4.74 Å². The average molecular weight is 232 g/mol. The van der Waals surface area contributed by atoms with Gasteiger partial charge in [0.05, 0.1) is 12.7 Å². The van der Waals surface area contributed by atoms with Crippen LogP contribution in [0.15, 0.2) is 18.2 Å². The molecule has 3 nitrogen and oxygen atoms in total. The number of rotatable bonds is 1. The maximum atomic E-state index is 5.59. The molecule has 92 valence electrons. The van der Waals surface area contributed by atoms with Crippen LogP contribution in [-0.2, 0) is 11.2 Å². The lowest BCUT2D eigenvalue weighted by molar-refractivity contribution is 0.0532. The van der Waals surface area contributed by atoms with Crippen LogP contribution in [0.2, 0.25) is 0 Å². The Hall–Kier alpha value is -1.22. The van der Waals surface area contributed by atoms with Crippen molar-refractivity contribution in [1.29, 1.82) is 0 Å². The summed E-state index contributed by atoms with van der Waals surface area (Å²) in [6, 6.07) is 6.80. The second kappa shape index (κ2) is 4.57. The predicted molar refractivity (Wildman–Crippen MR) is 70.9 cm³/mol. The van der Waals surface area contributed by atoms with Gasteiger partial charge in [-0.15, -0.1) is 0 Å². The lowest BCUT2D eigenvalue weighted by Crippen LogP contribution is -2.41. The minimum Gasteiger partial charge on any atom is -0.385 e. The molecule has 2 aliphatic rings. The van der Waals surface area contributed by atoms with Crippen LogP contribution < -0.4 is 10.2 Å². The van der Waals surface area contributed by atoms with Gasteiger partial charge in [0, 0.05) is 31.0 Å². The number of nitrogens with one attached hydrogen (secondary N) is 1. The second-order valence-corrected chi connectivity index (χ2v) is 5.00. The zero-order chi connectivity index (χ0) is 11.7. The van der Waals surface area contributed by atoms with Crippen molar-refractivity contribution in [2.45, 2.75) is 25.9 Å². The Morgan fingerprint density at radius 1 is 1.41 bits per heavy atom. The topological polar surface area (TPSA) is 24.5 Å². The van der Waals surface area contributed by atoms with E-state index in [-0.39, 0.29) is 0 Å².